The lowest BCUT2D eigenvalue weighted by atomic mass is 10.4. The minimum Gasteiger partial charge on any atom is -0.495 e. The Bertz CT molecular complexity index is 450. The molecule has 0 radical (unpaired) electrons. The summed E-state index contributed by atoms with van der Waals surface area (Å²) in [5.74, 6) is 2.36. The normalized spacial score (nSPS) is 10.6. The summed E-state index contributed by atoms with van der Waals surface area (Å²) < 4.78 is 10.9. The fraction of sp³-hybridized carbons (Fsp3) is 0.364. The molecule has 0 unspecified atom stereocenters. The Balaban J connectivity index is 2.18. The number of hydrogen-bond acceptors (Lipinski definition) is 5. The quantitative estimate of drug-likeness (QED) is 0.867. The van der Waals surface area contributed by atoms with Gasteiger partial charge in [0.05, 0.1) is 13.3 Å². The predicted molar refractivity (Wildman–Crippen MR) is 64.0 cm³/mol. The monoisotopic (exact) mass is 238 g/mol. The standard InChI is InChI=1S/C11H14N2O2S/c1-12-5-3-10-13-7-9(15-10)11-8(14-2)4-6-16-11/h4,6-7,12H,3,5H2,1-2H3. The Hall–Kier alpha value is -1.33. The number of thiophene rings is 1. The molecule has 1 N–H and O–H groups in total. The lowest BCUT2D eigenvalue weighted by Gasteiger charge is -1.98. The van der Waals surface area contributed by atoms with E-state index in [4.69, 9.17) is 9.15 Å². The molecular formula is C11H14N2O2S. The Morgan fingerprint density at radius 1 is 1.56 bits per heavy atom. The van der Waals surface area contributed by atoms with Crippen LogP contribution < -0.4 is 10.1 Å². The van der Waals surface area contributed by atoms with Crippen molar-refractivity contribution < 1.29 is 9.15 Å². The highest BCUT2D eigenvalue weighted by Crippen LogP contribution is 2.35. The molecule has 0 fully saturated rings. The molecule has 16 heavy (non-hydrogen) atoms. The van der Waals surface area contributed by atoms with Crippen LogP contribution in [0.5, 0.6) is 5.75 Å². The zero-order chi connectivity index (χ0) is 11.4. The maximum absolute atomic E-state index is 5.65. The molecule has 0 aliphatic carbocycles. The van der Waals surface area contributed by atoms with Crippen LogP contribution in [0.3, 0.4) is 0 Å². The summed E-state index contributed by atoms with van der Waals surface area (Å²) in [7, 11) is 3.57. The Morgan fingerprint density at radius 2 is 2.44 bits per heavy atom. The molecule has 0 atom stereocenters. The highest BCUT2D eigenvalue weighted by Gasteiger charge is 2.12. The SMILES string of the molecule is CNCCc1ncc(-c2sccc2OC)o1. The van der Waals surface area contributed by atoms with Gasteiger partial charge in [0.25, 0.3) is 0 Å². The van der Waals surface area contributed by atoms with Crippen LogP contribution in [0.4, 0.5) is 0 Å². The van der Waals surface area contributed by atoms with E-state index in [0.29, 0.717) is 0 Å². The van der Waals surface area contributed by atoms with Gasteiger partial charge < -0.3 is 14.5 Å². The van der Waals surface area contributed by atoms with E-state index in [0.717, 1.165) is 35.2 Å². The second kappa shape index (κ2) is 5.14. The number of ether oxygens (including phenoxy) is 1. The number of nitrogens with zero attached hydrogens (tertiary/aromatic N) is 1. The van der Waals surface area contributed by atoms with Crippen LogP contribution in [0.2, 0.25) is 0 Å². The molecule has 2 rings (SSSR count). The summed E-state index contributed by atoms with van der Waals surface area (Å²) in [6.07, 6.45) is 2.55. The van der Waals surface area contributed by atoms with Gasteiger partial charge in [-0.05, 0) is 18.5 Å². The number of methoxy groups -OCH3 is 1. The van der Waals surface area contributed by atoms with Crippen molar-refractivity contribution in [2.24, 2.45) is 0 Å². The molecule has 4 nitrogen and oxygen atoms in total. The van der Waals surface area contributed by atoms with E-state index in [1.165, 1.54) is 0 Å². The molecule has 2 aromatic heterocycles. The van der Waals surface area contributed by atoms with E-state index in [9.17, 15) is 0 Å². The smallest absolute Gasteiger partial charge is 0.196 e. The van der Waals surface area contributed by atoms with E-state index in [2.05, 4.69) is 10.3 Å². The maximum atomic E-state index is 5.65. The number of rotatable bonds is 5. The summed E-state index contributed by atoms with van der Waals surface area (Å²) in [6.45, 7) is 0.863. The van der Waals surface area contributed by atoms with Gasteiger partial charge in [0, 0.05) is 13.0 Å². The topological polar surface area (TPSA) is 47.3 Å². The molecule has 0 amide bonds. The summed E-state index contributed by atoms with van der Waals surface area (Å²) >= 11 is 1.59. The molecule has 0 aliphatic heterocycles. The van der Waals surface area contributed by atoms with Gasteiger partial charge in [-0.2, -0.15) is 0 Å². The van der Waals surface area contributed by atoms with Crippen molar-refractivity contribution in [1.29, 1.82) is 0 Å². The Labute approximate surface area is 98.3 Å². The first-order valence-electron chi connectivity index (χ1n) is 5.06. The van der Waals surface area contributed by atoms with E-state index in [-0.39, 0.29) is 0 Å². The zero-order valence-corrected chi connectivity index (χ0v) is 10.1. The first kappa shape index (κ1) is 11.2. The summed E-state index contributed by atoms with van der Waals surface area (Å²) in [5, 5.41) is 5.04. The molecule has 5 heteroatoms. The van der Waals surface area contributed by atoms with Gasteiger partial charge >= 0.3 is 0 Å². The van der Waals surface area contributed by atoms with Gasteiger partial charge in [-0.1, -0.05) is 0 Å². The van der Waals surface area contributed by atoms with Crippen LogP contribution >= 0.6 is 11.3 Å². The van der Waals surface area contributed by atoms with Gasteiger partial charge in [-0.25, -0.2) is 4.98 Å². The van der Waals surface area contributed by atoms with Crippen LogP contribution in [0.25, 0.3) is 10.6 Å². The van der Waals surface area contributed by atoms with Crippen molar-refractivity contribution in [2.75, 3.05) is 20.7 Å². The van der Waals surface area contributed by atoms with Crippen molar-refractivity contribution in [3.63, 3.8) is 0 Å². The first-order valence-corrected chi connectivity index (χ1v) is 5.94. The molecule has 0 bridgehead atoms. The van der Waals surface area contributed by atoms with E-state index >= 15 is 0 Å². The summed E-state index contributed by atoms with van der Waals surface area (Å²) in [6, 6.07) is 1.93. The minimum atomic E-state index is 0.750. The largest absolute Gasteiger partial charge is 0.495 e. The Kier molecular flexibility index (Phi) is 3.58. The molecule has 0 aliphatic rings. The highest BCUT2D eigenvalue weighted by molar-refractivity contribution is 7.13. The van der Waals surface area contributed by atoms with Crippen molar-refractivity contribution in [1.82, 2.24) is 10.3 Å². The number of nitrogens with one attached hydrogen (secondary N) is 1. The molecular weight excluding hydrogens is 224 g/mol. The Morgan fingerprint density at radius 3 is 3.19 bits per heavy atom. The van der Waals surface area contributed by atoms with Gasteiger partial charge in [0.2, 0.25) is 0 Å². The van der Waals surface area contributed by atoms with Gasteiger partial charge in [0.15, 0.2) is 11.7 Å². The van der Waals surface area contributed by atoms with Crippen LogP contribution in [-0.4, -0.2) is 25.7 Å². The van der Waals surface area contributed by atoms with Crippen LogP contribution in [-0.2, 0) is 6.42 Å². The maximum Gasteiger partial charge on any atom is 0.196 e. The van der Waals surface area contributed by atoms with Crippen molar-refractivity contribution in [3.05, 3.63) is 23.5 Å². The fourth-order valence-corrected chi connectivity index (χ4v) is 2.21. The predicted octanol–water partition coefficient (Wildman–Crippen LogP) is 2.17. The van der Waals surface area contributed by atoms with Gasteiger partial charge in [-0.3, -0.25) is 0 Å². The fourth-order valence-electron chi connectivity index (χ4n) is 1.40. The third kappa shape index (κ3) is 2.25. The van der Waals surface area contributed by atoms with Gasteiger partial charge in [0.1, 0.15) is 10.6 Å². The molecule has 2 heterocycles. The lowest BCUT2D eigenvalue weighted by molar-refractivity contribution is 0.415. The highest BCUT2D eigenvalue weighted by atomic mass is 32.1. The average Bonchev–Trinajstić information content (AvgIpc) is 2.94. The second-order valence-electron chi connectivity index (χ2n) is 3.29. The molecule has 0 aromatic carbocycles. The molecule has 0 saturated carbocycles. The molecule has 86 valence electrons. The van der Waals surface area contributed by atoms with Crippen LogP contribution in [0.1, 0.15) is 5.89 Å². The van der Waals surface area contributed by atoms with Crippen LogP contribution in [0, 0.1) is 0 Å². The third-order valence-corrected chi connectivity index (χ3v) is 3.13. The average molecular weight is 238 g/mol. The molecule has 0 spiro atoms. The zero-order valence-electron chi connectivity index (χ0n) is 9.32. The first-order chi connectivity index (χ1) is 7.85. The van der Waals surface area contributed by atoms with Crippen molar-refractivity contribution in [2.45, 2.75) is 6.42 Å². The van der Waals surface area contributed by atoms with Crippen molar-refractivity contribution in [3.8, 4) is 16.4 Å². The number of aromatic nitrogens is 1. The number of hydrogen-bond donors (Lipinski definition) is 1. The van der Waals surface area contributed by atoms with Crippen molar-refractivity contribution >= 4 is 11.3 Å². The van der Waals surface area contributed by atoms with E-state index in [1.54, 1.807) is 24.6 Å². The molecule has 2 aromatic rings. The summed E-state index contributed by atoms with van der Waals surface area (Å²) in [5.41, 5.74) is 0. The molecule has 0 saturated heterocycles. The lowest BCUT2D eigenvalue weighted by Crippen LogP contribution is -2.10. The van der Waals surface area contributed by atoms with E-state index < -0.39 is 0 Å². The van der Waals surface area contributed by atoms with Crippen LogP contribution in [0.15, 0.2) is 22.1 Å². The summed E-state index contributed by atoms with van der Waals surface area (Å²) in [4.78, 5) is 5.22. The van der Waals surface area contributed by atoms with Gasteiger partial charge in [-0.15, -0.1) is 11.3 Å². The van der Waals surface area contributed by atoms with E-state index in [1.807, 2.05) is 18.5 Å². The number of likely N-dealkylation sites (N-methyl/N-ethyl adjacent to an activating group) is 1. The minimum absolute atomic E-state index is 0.750. The number of oxazole rings is 1. The second-order valence-corrected chi connectivity index (χ2v) is 4.21. The third-order valence-electron chi connectivity index (χ3n) is 2.22.